The highest BCUT2D eigenvalue weighted by Crippen LogP contribution is 2.29. The van der Waals surface area contributed by atoms with Crippen molar-refractivity contribution in [3.05, 3.63) is 28.2 Å². The van der Waals surface area contributed by atoms with Crippen molar-refractivity contribution in [2.24, 2.45) is 0 Å². The molecular formula is C11H14Cl2O. The van der Waals surface area contributed by atoms with Crippen LogP contribution in [0.1, 0.15) is 26.7 Å². The molecule has 78 valence electrons. The highest BCUT2D eigenvalue weighted by molar-refractivity contribution is 6.34. The fourth-order valence-corrected chi connectivity index (χ4v) is 1.53. The third kappa shape index (κ3) is 3.07. The molecule has 1 aromatic carbocycles. The van der Waals surface area contributed by atoms with Crippen molar-refractivity contribution in [1.82, 2.24) is 0 Å². The number of ether oxygens (including phenoxy) is 1. The van der Waals surface area contributed by atoms with Gasteiger partial charge in [-0.25, -0.2) is 0 Å². The van der Waals surface area contributed by atoms with E-state index in [0.29, 0.717) is 15.8 Å². The van der Waals surface area contributed by atoms with Crippen LogP contribution in [-0.4, -0.2) is 6.10 Å². The molecule has 0 radical (unpaired) electrons. The third-order valence-corrected chi connectivity index (χ3v) is 2.64. The molecule has 0 spiro atoms. The molecule has 0 heterocycles. The maximum absolute atomic E-state index is 5.97. The molecule has 0 saturated heterocycles. The van der Waals surface area contributed by atoms with Crippen molar-refractivity contribution in [2.75, 3.05) is 0 Å². The Bertz CT molecular complexity index is 295. The number of halogens is 2. The molecule has 0 aliphatic rings. The maximum atomic E-state index is 5.97. The van der Waals surface area contributed by atoms with Crippen LogP contribution in [0.4, 0.5) is 0 Å². The molecule has 0 atom stereocenters. The molecule has 0 aliphatic carbocycles. The van der Waals surface area contributed by atoms with Crippen LogP contribution in [0.5, 0.6) is 5.75 Å². The molecule has 0 amide bonds. The summed E-state index contributed by atoms with van der Waals surface area (Å²) in [6, 6.07) is 5.26. The van der Waals surface area contributed by atoms with Crippen molar-refractivity contribution >= 4 is 23.2 Å². The Kier molecular flexibility index (Phi) is 4.56. The summed E-state index contributed by atoms with van der Waals surface area (Å²) < 4.78 is 5.71. The fourth-order valence-electron chi connectivity index (χ4n) is 1.20. The minimum Gasteiger partial charge on any atom is -0.489 e. The molecule has 3 heteroatoms. The average Bonchev–Trinajstić information content (AvgIpc) is 2.19. The summed E-state index contributed by atoms with van der Waals surface area (Å²) in [4.78, 5) is 0. The summed E-state index contributed by atoms with van der Waals surface area (Å²) in [5, 5.41) is 1.26. The van der Waals surface area contributed by atoms with Crippen LogP contribution in [0, 0.1) is 0 Å². The van der Waals surface area contributed by atoms with E-state index >= 15 is 0 Å². The molecule has 1 aromatic rings. The number of rotatable bonds is 4. The Labute approximate surface area is 95.0 Å². The molecule has 1 rings (SSSR count). The zero-order valence-electron chi connectivity index (χ0n) is 8.39. The molecule has 0 unspecified atom stereocenters. The van der Waals surface area contributed by atoms with E-state index in [9.17, 15) is 0 Å². The summed E-state index contributed by atoms with van der Waals surface area (Å²) in [5.74, 6) is 0.674. The Morgan fingerprint density at radius 1 is 1.21 bits per heavy atom. The number of hydrogen-bond acceptors (Lipinski definition) is 1. The zero-order valence-corrected chi connectivity index (χ0v) is 9.90. The zero-order chi connectivity index (χ0) is 10.6. The van der Waals surface area contributed by atoms with Crippen LogP contribution < -0.4 is 4.74 Å². The Morgan fingerprint density at radius 3 is 2.43 bits per heavy atom. The van der Waals surface area contributed by atoms with Crippen molar-refractivity contribution in [3.63, 3.8) is 0 Å². The van der Waals surface area contributed by atoms with Gasteiger partial charge in [0.25, 0.3) is 0 Å². The van der Waals surface area contributed by atoms with E-state index in [1.54, 1.807) is 18.2 Å². The summed E-state index contributed by atoms with van der Waals surface area (Å²) in [7, 11) is 0. The minimum absolute atomic E-state index is 0.214. The predicted octanol–water partition coefficient (Wildman–Crippen LogP) is 4.56. The van der Waals surface area contributed by atoms with E-state index in [0.717, 1.165) is 12.8 Å². The van der Waals surface area contributed by atoms with Gasteiger partial charge in [-0.3, -0.25) is 0 Å². The number of hydrogen-bond donors (Lipinski definition) is 0. The van der Waals surface area contributed by atoms with Gasteiger partial charge in [0.1, 0.15) is 5.75 Å². The van der Waals surface area contributed by atoms with E-state index in [2.05, 4.69) is 13.8 Å². The van der Waals surface area contributed by atoms with Crippen LogP contribution in [0.25, 0.3) is 0 Å². The first kappa shape index (κ1) is 11.7. The molecular weight excluding hydrogens is 219 g/mol. The van der Waals surface area contributed by atoms with Gasteiger partial charge in [0, 0.05) is 11.1 Å². The highest BCUT2D eigenvalue weighted by Gasteiger charge is 2.08. The molecule has 0 aromatic heterocycles. The van der Waals surface area contributed by atoms with Crippen molar-refractivity contribution in [1.29, 1.82) is 0 Å². The summed E-state index contributed by atoms with van der Waals surface area (Å²) >= 11 is 11.8. The quantitative estimate of drug-likeness (QED) is 0.740. The van der Waals surface area contributed by atoms with Crippen LogP contribution >= 0.6 is 23.2 Å². The largest absolute Gasteiger partial charge is 0.489 e. The van der Waals surface area contributed by atoms with Gasteiger partial charge in [0.15, 0.2) is 0 Å². The first-order valence-electron chi connectivity index (χ1n) is 4.79. The summed E-state index contributed by atoms with van der Waals surface area (Å²) in [6.45, 7) is 4.18. The standard InChI is InChI=1S/C11H14Cl2O/c1-3-9(4-2)14-11-7-8(12)5-6-10(11)13/h5-7,9H,3-4H2,1-2H3. The van der Waals surface area contributed by atoms with Gasteiger partial charge in [-0.2, -0.15) is 0 Å². The van der Waals surface area contributed by atoms with Crippen molar-refractivity contribution in [3.8, 4) is 5.75 Å². The third-order valence-electron chi connectivity index (χ3n) is 2.10. The minimum atomic E-state index is 0.214. The van der Waals surface area contributed by atoms with Gasteiger partial charge in [-0.1, -0.05) is 37.0 Å². The lowest BCUT2D eigenvalue weighted by molar-refractivity contribution is 0.193. The van der Waals surface area contributed by atoms with E-state index in [1.807, 2.05) is 0 Å². The Balaban J connectivity index is 2.79. The van der Waals surface area contributed by atoms with Gasteiger partial charge in [-0.05, 0) is 25.0 Å². The van der Waals surface area contributed by atoms with Crippen LogP contribution in [0.2, 0.25) is 10.0 Å². The molecule has 0 fully saturated rings. The second kappa shape index (κ2) is 5.47. The van der Waals surface area contributed by atoms with E-state index in [4.69, 9.17) is 27.9 Å². The van der Waals surface area contributed by atoms with Crippen LogP contribution in [0.3, 0.4) is 0 Å². The van der Waals surface area contributed by atoms with Crippen LogP contribution in [-0.2, 0) is 0 Å². The van der Waals surface area contributed by atoms with Crippen LogP contribution in [0.15, 0.2) is 18.2 Å². The van der Waals surface area contributed by atoms with Gasteiger partial charge in [-0.15, -0.1) is 0 Å². The van der Waals surface area contributed by atoms with Gasteiger partial charge in [0.2, 0.25) is 0 Å². The average molecular weight is 233 g/mol. The topological polar surface area (TPSA) is 9.23 Å². The van der Waals surface area contributed by atoms with Gasteiger partial charge in [0.05, 0.1) is 11.1 Å². The fraction of sp³-hybridized carbons (Fsp3) is 0.455. The molecule has 0 saturated carbocycles. The monoisotopic (exact) mass is 232 g/mol. The SMILES string of the molecule is CCC(CC)Oc1cc(Cl)ccc1Cl. The first-order valence-corrected chi connectivity index (χ1v) is 5.54. The van der Waals surface area contributed by atoms with Gasteiger partial charge >= 0.3 is 0 Å². The predicted molar refractivity (Wildman–Crippen MR) is 61.5 cm³/mol. The Morgan fingerprint density at radius 2 is 1.86 bits per heavy atom. The van der Waals surface area contributed by atoms with Crippen molar-refractivity contribution in [2.45, 2.75) is 32.8 Å². The summed E-state index contributed by atoms with van der Waals surface area (Å²) in [6.07, 6.45) is 2.16. The Hall–Kier alpha value is -0.400. The lowest BCUT2D eigenvalue weighted by Gasteiger charge is -2.16. The second-order valence-electron chi connectivity index (χ2n) is 3.13. The molecule has 1 nitrogen and oxygen atoms in total. The smallest absolute Gasteiger partial charge is 0.139 e. The van der Waals surface area contributed by atoms with E-state index in [1.165, 1.54) is 0 Å². The number of benzene rings is 1. The second-order valence-corrected chi connectivity index (χ2v) is 3.97. The molecule has 0 bridgehead atoms. The maximum Gasteiger partial charge on any atom is 0.139 e. The van der Waals surface area contributed by atoms with Crippen molar-refractivity contribution < 1.29 is 4.74 Å². The van der Waals surface area contributed by atoms with Gasteiger partial charge < -0.3 is 4.74 Å². The summed E-state index contributed by atoms with van der Waals surface area (Å²) in [5.41, 5.74) is 0. The normalized spacial score (nSPS) is 10.6. The molecule has 0 aliphatic heterocycles. The first-order chi connectivity index (χ1) is 6.67. The molecule has 0 N–H and O–H groups in total. The highest BCUT2D eigenvalue weighted by atomic mass is 35.5. The van der Waals surface area contributed by atoms with E-state index in [-0.39, 0.29) is 6.10 Å². The lowest BCUT2D eigenvalue weighted by atomic mass is 10.2. The van der Waals surface area contributed by atoms with E-state index < -0.39 is 0 Å². The molecule has 14 heavy (non-hydrogen) atoms. The lowest BCUT2D eigenvalue weighted by Crippen LogP contribution is -2.13.